The van der Waals surface area contributed by atoms with E-state index in [-0.39, 0.29) is 17.0 Å². The van der Waals surface area contributed by atoms with E-state index in [1.54, 1.807) is 18.2 Å². The average molecular weight is 308 g/mol. The predicted octanol–water partition coefficient (Wildman–Crippen LogP) is 2.40. The summed E-state index contributed by atoms with van der Waals surface area (Å²) in [7, 11) is 2.98. The van der Waals surface area contributed by atoms with Gasteiger partial charge in [-0.2, -0.15) is 10.0 Å². The largest absolute Gasteiger partial charge is 0.618 e. The molecule has 23 heavy (non-hydrogen) atoms. The lowest BCUT2D eigenvalue weighted by atomic mass is 10.0. The molecular weight excluding hydrogens is 296 g/mol. The van der Waals surface area contributed by atoms with Crippen molar-refractivity contribution in [3.8, 4) is 17.6 Å². The van der Waals surface area contributed by atoms with Crippen LogP contribution in [0.25, 0.3) is 0 Å². The van der Waals surface area contributed by atoms with Crippen molar-refractivity contribution < 1.29 is 19.0 Å². The molecule has 1 aliphatic heterocycles. The summed E-state index contributed by atoms with van der Waals surface area (Å²) in [4.78, 5) is 12.6. The first-order valence-corrected chi connectivity index (χ1v) is 6.75. The molecule has 0 spiro atoms. The lowest BCUT2D eigenvalue weighted by Gasteiger charge is -2.07. The molecule has 0 saturated heterocycles. The van der Waals surface area contributed by atoms with Crippen molar-refractivity contribution in [2.75, 3.05) is 14.2 Å². The van der Waals surface area contributed by atoms with Gasteiger partial charge in [0.1, 0.15) is 17.1 Å². The van der Waals surface area contributed by atoms with E-state index in [1.807, 2.05) is 6.07 Å². The highest BCUT2D eigenvalue weighted by Gasteiger charge is 2.37. The standard InChI is InChI=1S/C17H12N2O4/c1-22-12-6-11(7-13(8-12)23-2)16-17(20)14-4-3-10(9-18)5-15(14)19(16)21/h3-8H,1-2H3. The van der Waals surface area contributed by atoms with Gasteiger partial charge in [-0.15, -0.1) is 0 Å². The Morgan fingerprint density at radius 1 is 1.09 bits per heavy atom. The molecule has 6 nitrogen and oxygen atoms in total. The molecule has 0 unspecified atom stereocenters. The predicted molar refractivity (Wildman–Crippen MR) is 82.4 cm³/mol. The van der Waals surface area contributed by atoms with Gasteiger partial charge in [-0.05, 0) is 24.3 Å². The Morgan fingerprint density at radius 2 is 1.74 bits per heavy atom. The number of ketones is 1. The van der Waals surface area contributed by atoms with Crippen LogP contribution in [0.3, 0.4) is 0 Å². The Kier molecular flexibility index (Phi) is 3.47. The number of carbonyl (C=O) groups excluding carboxylic acids is 1. The van der Waals surface area contributed by atoms with Crippen LogP contribution in [0, 0.1) is 16.5 Å². The van der Waals surface area contributed by atoms with Crippen LogP contribution in [0.2, 0.25) is 0 Å². The van der Waals surface area contributed by atoms with Gasteiger partial charge in [-0.3, -0.25) is 4.79 Å². The summed E-state index contributed by atoms with van der Waals surface area (Å²) in [5.41, 5.74) is 1.15. The molecule has 6 heteroatoms. The molecule has 3 rings (SSSR count). The third-order valence-corrected chi connectivity index (χ3v) is 3.63. The Labute approximate surface area is 132 Å². The molecule has 1 aliphatic rings. The van der Waals surface area contributed by atoms with Gasteiger partial charge in [-0.25, -0.2) is 0 Å². The maximum atomic E-state index is 12.6. The summed E-state index contributed by atoms with van der Waals surface area (Å²) in [6.07, 6.45) is 0. The van der Waals surface area contributed by atoms with Crippen LogP contribution in [-0.4, -0.2) is 30.5 Å². The second kappa shape index (κ2) is 5.46. The highest BCUT2D eigenvalue weighted by Crippen LogP contribution is 2.31. The number of ether oxygens (including phenoxy) is 2. The van der Waals surface area contributed by atoms with Crippen LogP contribution in [0.5, 0.6) is 11.5 Å². The zero-order valence-electron chi connectivity index (χ0n) is 12.5. The zero-order chi connectivity index (χ0) is 16.6. The molecule has 0 atom stereocenters. The molecule has 0 fully saturated rings. The molecule has 0 amide bonds. The fourth-order valence-corrected chi connectivity index (χ4v) is 2.49. The van der Waals surface area contributed by atoms with E-state index in [2.05, 4.69) is 0 Å². The minimum atomic E-state index is -0.394. The summed E-state index contributed by atoms with van der Waals surface area (Å²) in [5.74, 6) is 0.554. The molecule has 0 saturated carbocycles. The van der Waals surface area contributed by atoms with Crippen molar-refractivity contribution in [1.82, 2.24) is 0 Å². The average Bonchev–Trinajstić information content (AvgIpc) is 2.84. The van der Waals surface area contributed by atoms with Crippen molar-refractivity contribution in [3.05, 3.63) is 58.3 Å². The third-order valence-electron chi connectivity index (χ3n) is 3.63. The fraction of sp³-hybridized carbons (Fsp3) is 0.118. The molecular formula is C17H12N2O4. The van der Waals surface area contributed by atoms with Crippen molar-refractivity contribution >= 4 is 17.2 Å². The molecule has 2 aromatic carbocycles. The highest BCUT2D eigenvalue weighted by molar-refractivity contribution is 6.52. The van der Waals surface area contributed by atoms with Gasteiger partial charge in [0.15, 0.2) is 0 Å². The van der Waals surface area contributed by atoms with Gasteiger partial charge in [0.25, 0.3) is 11.5 Å². The number of nitriles is 1. The second-order valence-electron chi connectivity index (χ2n) is 4.92. The van der Waals surface area contributed by atoms with Gasteiger partial charge in [0.05, 0.1) is 31.4 Å². The molecule has 0 bridgehead atoms. The van der Waals surface area contributed by atoms with Gasteiger partial charge < -0.3 is 14.7 Å². The van der Waals surface area contributed by atoms with Crippen molar-refractivity contribution in [3.63, 3.8) is 0 Å². The Morgan fingerprint density at radius 3 is 2.30 bits per heavy atom. The van der Waals surface area contributed by atoms with Gasteiger partial charge in [0, 0.05) is 12.1 Å². The van der Waals surface area contributed by atoms with Crippen molar-refractivity contribution in [2.45, 2.75) is 0 Å². The Hall–Kier alpha value is -3.33. The van der Waals surface area contributed by atoms with Crippen LogP contribution < -0.4 is 9.47 Å². The van der Waals surface area contributed by atoms with Gasteiger partial charge >= 0.3 is 0 Å². The number of hydrogen-bond acceptors (Lipinski definition) is 5. The van der Waals surface area contributed by atoms with Crippen LogP contribution in [0.4, 0.5) is 5.69 Å². The van der Waals surface area contributed by atoms with E-state index < -0.39 is 5.78 Å². The number of carbonyl (C=O) groups is 1. The lowest BCUT2D eigenvalue weighted by Crippen LogP contribution is -2.16. The van der Waals surface area contributed by atoms with E-state index >= 15 is 0 Å². The minimum absolute atomic E-state index is 0.0210. The molecule has 2 aromatic rings. The van der Waals surface area contributed by atoms with E-state index in [1.165, 1.54) is 32.4 Å². The number of rotatable bonds is 3. The van der Waals surface area contributed by atoms with E-state index in [4.69, 9.17) is 14.7 Å². The van der Waals surface area contributed by atoms with E-state index in [0.717, 1.165) is 0 Å². The first-order valence-electron chi connectivity index (χ1n) is 6.75. The Balaban J connectivity index is 2.19. The fourth-order valence-electron chi connectivity index (χ4n) is 2.49. The summed E-state index contributed by atoms with van der Waals surface area (Å²) in [5, 5.41) is 21.5. The molecule has 1 heterocycles. The van der Waals surface area contributed by atoms with Crippen LogP contribution >= 0.6 is 0 Å². The quantitative estimate of drug-likeness (QED) is 0.642. The number of Topliss-reactive ketones (excluding diaryl/α,β-unsaturated/α-hetero) is 1. The van der Waals surface area contributed by atoms with E-state index in [0.29, 0.717) is 27.4 Å². The minimum Gasteiger partial charge on any atom is -0.618 e. The number of hydrogen-bond donors (Lipinski definition) is 0. The Bertz CT molecular complexity index is 872. The second-order valence-corrected chi connectivity index (χ2v) is 4.92. The molecule has 0 aromatic heterocycles. The summed E-state index contributed by atoms with van der Waals surface area (Å²) in [6, 6.07) is 11.2. The van der Waals surface area contributed by atoms with E-state index in [9.17, 15) is 10.0 Å². The summed E-state index contributed by atoms with van der Waals surface area (Å²) in [6.45, 7) is 0. The maximum absolute atomic E-state index is 12.6. The highest BCUT2D eigenvalue weighted by atomic mass is 16.5. The molecule has 0 N–H and O–H groups in total. The van der Waals surface area contributed by atoms with Gasteiger partial charge in [0.2, 0.25) is 5.69 Å². The zero-order valence-corrected chi connectivity index (χ0v) is 12.5. The molecule has 0 radical (unpaired) electrons. The normalized spacial score (nSPS) is 12.8. The van der Waals surface area contributed by atoms with Crippen LogP contribution in [-0.2, 0) is 0 Å². The maximum Gasteiger partial charge on any atom is 0.273 e. The van der Waals surface area contributed by atoms with Crippen molar-refractivity contribution in [2.24, 2.45) is 0 Å². The van der Waals surface area contributed by atoms with Crippen LogP contribution in [0.15, 0.2) is 36.4 Å². The summed E-state index contributed by atoms with van der Waals surface area (Å²) < 4.78 is 10.9. The number of nitrogens with zero attached hydrogens (tertiary/aromatic N) is 2. The van der Waals surface area contributed by atoms with Gasteiger partial charge in [-0.1, -0.05) is 0 Å². The third kappa shape index (κ3) is 2.28. The lowest BCUT2D eigenvalue weighted by molar-refractivity contribution is -0.355. The first-order chi connectivity index (χ1) is 11.1. The monoisotopic (exact) mass is 308 g/mol. The SMILES string of the molecule is COc1cc(OC)cc(C2=[N+]([O-])c3cc(C#N)ccc3C2=O)c1. The topological polar surface area (TPSA) is 85.4 Å². The number of benzene rings is 2. The first kappa shape index (κ1) is 14.6. The molecule has 114 valence electrons. The smallest absolute Gasteiger partial charge is 0.273 e. The van der Waals surface area contributed by atoms with Crippen molar-refractivity contribution in [1.29, 1.82) is 5.26 Å². The number of methoxy groups -OCH3 is 2. The summed E-state index contributed by atoms with van der Waals surface area (Å²) >= 11 is 0. The van der Waals surface area contributed by atoms with Crippen LogP contribution in [0.1, 0.15) is 21.5 Å². The number of fused-ring (bicyclic) bond motifs is 1. The molecule has 0 aliphatic carbocycles.